The standard InChI is InChI=1S/C14H25N3OS/c15-14(19)12-7-3-6-10-17(12)11-13(18)16-8-4-1-2-5-9-16/h12H,1-11H2,(H2,15,19). The fraction of sp³-hybridized carbons (Fsp3) is 0.857. The summed E-state index contributed by atoms with van der Waals surface area (Å²) in [4.78, 5) is 17.1. The van der Waals surface area contributed by atoms with Crippen LogP contribution in [0.4, 0.5) is 0 Å². The lowest BCUT2D eigenvalue weighted by molar-refractivity contribution is -0.132. The van der Waals surface area contributed by atoms with Crippen molar-refractivity contribution in [1.82, 2.24) is 9.80 Å². The SMILES string of the molecule is NC(=S)C1CCCCN1CC(=O)N1CCCCCC1. The molecule has 19 heavy (non-hydrogen) atoms. The average Bonchev–Trinajstić information content (AvgIpc) is 2.68. The van der Waals surface area contributed by atoms with Gasteiger partial charge in [-0.05, 0) is 32.2 Å². The lowest BCUT2D eigenvalue weighted by atomic mass is 10.0. The number of thiocarbonyl (C=S) groups is 1. The van der Waals surface area contributed by atoms with Crippen LogP contribution in [-0.4, -0.2) is 52.9 Å². The summed E-state index contributed by atoms with van der Waals surface area (Å²) in [6.45, 7) is 3.28. The van der Waals surface area contributed by atoms with Crippen LogP contribution in [0.3, 0.4) is 0 Å². The second kappa shape index (κ2) is 7.20. The van der Waals surface area contributed by atoms with Crippen LogP contribution in [0.1, 0.15) is 44.9 Å². The number of carbonyl (C=O) groups excluding carboxylic acids is 1. The predicted octanol–water partition coefficient (Wildman–Crippen LogP) is 1.53. The summed E-state index contributed by atoms with van der Waals surface area (Å²) in [5.74, 6) is 0.255. The van der Waals surface area contributed by atoms with Gasteiger partial charge in [0, 0.05) is 13.1 Å². The Morgan fingerprint density at radius 3 is 2.32 bits per heavy atom. The molecule has 0 aliphatic carbocycles. The van der Waals surface area contributed by atoms with Gasteiger partial charge in [-0.25, -0.2) is 0 Å². The molecule has 2 rings (SSSR count). The van der Waals surface area contributed by atoms with Gasteiger partial charge >= 0.3 is 0 Å². The van der Waals surface area contributed by atoms with Gasteiger partial charge in [0.15, 0.2) is 0 Å². The summed E-state index contributed by atoms with van der Waals surface area (Å²) in [5.41, 5.74) is 5.80. The highest BCUT2D eigenvalue weighted by Gasteiger charge is 2.27. The van der Waals surface area contributed by atoms with Crippen molar-refractivity contribution in [3.63, 3.8) is 0 Å². The smallest absolute Gasteiger partial charge is 0.236 e. The zero-order valence-corrected chi connectivity index (χ0v) is 12.5. The van der Waals surface area contributed by atoms with Gasteiger partial charge in [0.1, 0.15) is 0 Å². The minimum Gasteiger partial charge on any atom is -0.392 e. The summed E-state index contributed by atoms with van der Waals surface area (Å²) < 4.78 is 0. The fourth-order valence-electron chi connectivity index (χ4n) is 3.10. The van der Waals surface area contributed by atoms with Crippen molar-refractivity contribution < 1.29 is 4.79 Å². The molecule has 1 unspecified atom stereocenters. The van der Waals surface area contributed by atoms with Gasteiger partial charge in [-0.2, -0.15) is 0 Å². The number of hydrogen-bond donors (Lipinski definition) is 1. The Balaban J connectivity index is 1.90. The van der Waals surface area contributed by atoms with Gasteiger partial charge in [0.2, 0.25) is 5.91 Å². The van der Waals surface area contributed by atoms with E-state index in [0.29, 0.717) is 11.5 Å². The molecule has 2 saturated heterocycles. The molecular formula is C14H25N3OS. The Kier molecular flexibility index (Phi) is 5.58. The molecule has 0 spiro atoms. The second-order valence-electron chi connectivity index (χ2n) is 5.68. The third-order valence-corrected chi connectivity index (χ3v) is 4.51. The first kappa shape index (κ1) is 14.7. The van der Waals surface area contributed by atoms with E-state index in [0.717, 1.165) is 51.7 Å². The molecule has 4 nitrogen and oxygen atoms in total. The van der Waals surface area contributed by atoms with E-state index in [4.69, 9.17) is 18.0 Å². The maximum atomic E-state index is 12.4. The third-order valence-electron chi connectivity index (χ3n) is 4.24. The Labute approximate surface area is 121 Å². The highest BCUT2D eigenvalue weighted by Crippen LogP contribution is 2.18. The fourth-order valence-corrected chi connectivity index (χ4v) is 3.36. The number of rotatable bonds is 3. The first-order valence-corrected chi connectivity index (χ1v) is 7.90. The number of hydrogen-bond acceptors (Lipinski definition) is 3. The molecule has 5 heteroatoms. The molecule has 2 aliphatic heterocycles. The van der Waals surface area contributed by atoms with Gasteiger partial charge in [0.25, 0.3) is 0 Å². The van der Waals surface area contributed by atoms with Crippen LogP contribution in [0.2, 0.25) is 0 Å². The molecule has 2 aliphatic rings. The highest BCUT2D eigenvalue weighted by molar-refractivity contribution is 7.80. The molecule has 0 saturated carbocycles. The number of nitrogens with two attached hydrogens (primary N) is 1. The molecule has 0 bridgehead atoms. The summed E-state index contributed by atoms with van der Waals surface area (Å²) in [6, 6.07) is 0.125. The van der Waals surface area contributed by atoms with Crippen molar-refractivity contribution in [2.45, 2.75) is 51.0 Å². The first-order chi connectivity index (χ1) is 9.18. The zero-order chi connectivity index (χ0) is 13.7. The van der Waals surface area contributed by atoms with Crippen molar-refractivity contribution in [2.24, 2.45) is 5.73 Å². The van der Waals surface area contributed by atoms with Gasteiger partial charge in [-0.3, -0.25) is 9.69 Å². The van der Waals surface area contributed by atoms with E-state index in [1.165, 1.54) is 12.8 Å². The minimum absolute atomic E-state index is 0.125. The Morgan fingerprint density at radius 1 is 1.05 bits per heavy atom. The maximum absolute atomic E-state index is 12.4. The average molecular weight is 283 g/mol. The maximum Gasteiger partial charge on any atom is 0.236 e. The number of nitrogens with zero attached hydrogens (tertiary/aromatic N) is 2. The molecule has 0 aromatic carbocycles. The summed E-state index contributed by atoms with van der Waals surface area (Å²) in [7, 11) is 0. The van der Waals surface area contributed by atoms with Gasteiger partial charge in [0.05, 0.1) is 17.6 Å². The molecule has 1 amide bonds. The number of piperidine rings is 1. The summed E-state index contributed by atoms with van der Waals surface area (Å²) in [5, 5.41) is 0. The molecule has 0 radical (unpaired) electrons. The lowest BCUT2D eigenvalue weighted by Gasteiger charge is -2.35. The van der Waals surface area contributed by atoms with Crippen LogP contribution in [0.25, 0.3) is 0 Å². The summed E-state index contributed by atoms with van der Waals surface area (Å²) in [6.07, 6.45) is 8.10. The van der Waals surface area contributed by atoms with E-state index in [1.807, 2.05) is 4.90 Å². The number of carbonyl (C=O) groups is 1. The quantitative estimate of drug-likeness (QED) is 0.798. The van der Waals surface area contributed by atoms with Crippen molar-refractivity contribution >= 4 is 23.1 Å². The minimum atomic E-state index is 0.125. The van der Waals surface area contributed by atoms with Crippen LogP contribution >= 0.6 is 12.2 Å². The van der Waals surface area contributed by atoms with Crippen molar-refractivity contribution in [3.8, 4) is 0 Å². The normalized spacial score (nSPS) is 25.9. The van der Waals surface area contributed by atoms with Crippen LogP contribution < -0.4 is 5.73 Å². The Hall–Kier alpha value is -0.680. The topological polar surface area (TPSA) is 49.6 Å². The predicted molar refractivity (Wildman–Crippen MR) is 81.0 cm³/mol. The molecule has 0 aromatic heterocycles. The van der Waals surface area contributed by atoms with Crippen molar-refractivity contribution in [1.29, 1.82) is 0 Å². The molecule has 0 aromatic rings. The second-order valence-corrected chi connectivity index (χ2v) is 6.15. The van der Waals surface area contributed by atoms with E-state index in [-0.39, 0.29) is 11.9 Å². The van der Waals surface area contributed by atoms with Crippen LogP contribution in [0, 0.1) is 0 Å². The van der Waals surface area contributed by atoms with Crippen LogP contribution in [-0.2, 0) is 4.79 Å². The Morgan fingerprint density at radius 2 is 1.68 bits per heavy atom. The molecular weight excluding hydrogens is 258 g/mol. The van der Waals surface area contributed by atoms with E-state index >= 15 is 0 Å². The third kappa shape index (κ3) is 4.14. The largest absolute Gasteiger partial charge is 0.392 e. The van der Waals surface area contributed by atoms with Gasteiger partial charge in [-0.15, -0.1) is 0 Å². The van der Waals surface area contributed by atoms with E-state index < -0.39 is 0 Å². The van der Waals surface area contributed by atoms with E-state index in [1.54, 1.807) is 0 Å². The van der Waals surface area contributed by atoms with Crippen LogP contribution in [0.15, 0.2) is 0 Å². The van der Waals surface area contributed by atoms with Crippen molar-refractivity contribution in [3.05, 3.63) is 0 Å². The zero-order valence-electron chi connectivity index (χ0n) is 11.6. The summed E-state index contributed by atoms with van der Waals surface area (Å²) >= 11 is 5.13. The van der Waals surface area contributed by atoms with Crippen LogP contribution in [0.5, 0.6) is 0 Å². The number of likely N-dealkylation sites (tertiary alicyclic amines) is 2. The molecule has 2 heterocycles. The molecule has 2 fully saturated rings. The first-order valence-electron chi connectivity index (χ1n) is 7.49. The monoisotopic (exact) mass is 283 g/mol. The number of amides is 1. The molecule has 1 atom stereocenters. The van der Waals surface area contributed by atoms with E-state index in [9.17, 15) is 4.79 Å². The lowest BCUT2D eigenvalue weighted by Crippen LogP contribution is -2.51. The molecule has 2 N–H and O–H groups in total. The van der Waals surface area contributed by atoms with E-state index in [2.05, 4.69) is 4.90 Å². The van der Waals surface area contributed by atoms with Gasteiger partial charge in [-0.1, -0.05) is 31.5 Å². The van der Waals surface area contributed by atoms with Crippen molar-refractivity contribution in [2.75, 3.05) is 26.2 Å². The van der Waals surface area contributed by atoms with Gasteiger partial charge < -0.3 is 10.6 Å². The Bertz CT molecular complexity index is 327. The highest BCUT2D eigenvalue weighted by atomic mass is 32.1. The molecule has 108 valence electrons.